The van der Waals surface area contributed by atoms with Gasteiger partial charge in [-0.05, 0) is 48.1 Å². The first-order valence-electron chi connectivity index (χ1n) is 9.94. The highest BCUT2D eigenvalue weighted by Crippen LogP contribution is 2.40. The number of benzene rings is 2. The minimum absolute atomic E-state index is 0.0221. The molecule has 1 aliphatic heterocycles. The second kappa shape index (κ2) is 8.77. The van der Waals surface area contributed by atoms with E-state index in [1.165, 1.54) is 40.3 Å². The van der Waals surface area contributed by atoms with Gasteiger partial charge in [0.15, 0.2) is 0 Å². The Labute approximate surface area is 179 Å². The van der Waals surface area contributed by atoms with Crippen LogP contribution in [0.1, 0.15) is 39.3 Å². The molecule has 2 aromatic carbocycles. The second-order valence-electron chi connectivity index (χ2n) is 7.47. The van der Waals surface area contributed by atoms with Gasteiger partial charge in [-0.1, -0.05) is 30.3 Å². The molecule has 0 unspecified atom stereocenters. The first kappa shape index (κ1) is 20.3. The van der Waals surface area contributed by atoms with Crippen LogP contribution in [-0.2, 0) is 6.42 Å². The van der Waals surface area contributed by atoms with E-state index in [-0.39, 0.29) is 17.6 Å². The summed E-state index contributed by atoms with van der Waals surface area (Å²) in [4.78, 5) is 26.6. The Morgan fingerprint density at radius 3 is 2.60 bits per heavy atom. The maximum Gasteiger partial charge on any atom is 0.269 e. The maximum atomic E-state index is 12.5. The third-order valence-corrected chi connectivity index (χ3v) is 6.56. The van der Waals surface area contributed by atoms with Gasteiger partial charge in [-0.2, -0.15) is 0 Å². The summed E-state index contributed by atoms with van der Waals surface area (Å²) in [5.41, 5.74) is 3.07. The molecule has 0 saturated heterocycles. The molecule has 1 amide bonds. The van der Waals surface area contributed by atoms with E-state index >= 15 is 0 Å². The molecular weight excluding hydrogens is 398 g/mol. The molecule has 1 aliphatic rings. The Morgan fingerprint density at radius 2 is 1.90 bits per heavy atom. The van der Waals surface area contributed by atoms with Crippen LogP contribution in [-0.4, -0.2) is 34.9 Å². The van der Waals surface area contributed by atoms with Crippen LogP contribution in [0.15, 0.2) is 66.0 Å². The Hall–Kier alpha value is -3.03. The molecule has 0 saturated carbocycles. The van der Waals surface area contributed by atoms with Crippen LogP contribution < -0.4 is 5.32 Å². The molecule has 4 rings (SSSR count). The van der Waals surface area contributed by atoms with Crippen molar-refractivity contribution in [1.29, 1.82) is 0 Å². The largest absolute Gasteiger partial charge is 0.351 e. The number of hydrogen-bond donors (Lipinski definition) is 1. The minimum Gasteiger partial charge on any atom is -0.351 e. The predicted octanol–water partition coefficient (Wildman–Crippen LogP) is 4.42. The summed E-state index contributed by atoms with van der Waals surface area (Å²) in [7, 11) is 0. The molecule has 0 radical (unpaired) electrons. The summed E-state index contributed by atoms with van der Waals surface area (Å²) in [6.07, 6.45) is 0.998. The van der Waals surface area contributed by atoms with Gasteiger partial charge in [-0.25, -0.2) is 0 Å². The normalized spacial score (nSPS) is 18.6. The number of non-ortho nitro benzene ring substituents is 1. The summed E-state index contributed by atoms with van der Waals surface area (Å²) in [6.45, 7) is 3.45. The van der Waals surface area contributed by atoms with Crippen molar-refractivity contribution in [2.24, 2.45) is 0 Å². The van der Waals surface area contributed by atoms with Crippen molar-refractivity contribution in [1.82, 2.24) is 10.2 Å². The van der Waals surface area contributed by atoms with Gasteiger partial charge >= 0.3 is 0 Å². The first-order valence-corrected chi connectivity index (χ1v) is 10.8. The highest BCUT2D eigenvalue weighted by Gasteiger charge is 2.33. The van der Waals surface area contributed by atoms with Gasteiger partial charge in [0.1, 0.15) is 0 Å². The second-order valence-corrected chi connectivity index (χ2v) is 8.42. The minimum atomic E-state index is -0.470. The molecule has 0 spiro atoms. The number of fused-ring (bicyclic) bond motifs is 1. The molecule has 2 heterocycles. The fourth-order valence-electron chi connectivity index (χ4n) is 4.06. The highest BCUT2D eigenvalue weighted by atomic mass is 32.1. The van der Waals surface area contributed by atoms with Crippen molar-refractivity contribution in [3.8, 4) is 0 Å². The average molecular weight is 422 g/mol. The monoisotopic (exact) mass is 421 g/mol. The van der Waals surface area contributed by atoms with Gasteiger partial charge in [0, 0.05) is 41.7 Å². The molecular formula is C23H23N3O3S. The van der Waals surface area contributed by atoms with Gasteiger partial charge in [-0.3, -0.25) is 19.8 Å². The van der Waals surface area contributed by atoms with Crippen LogP contribution in [0, 0.1) is 10.1 Å². The zero-order valence-corrected chi connectivity index (χ0v) is 17.5. The first-order chi connectivity index (χ1) is 14.5. The van der Waals surface area contributed by atoms with E-state index in [0.29, 0.717) is 18.2 Å². The van der Waals surface area contributed by atoms with Crippen molar-refractivity contribution in [3.05, 3.63) is 97.7 Å². The molecule has 154 valence electrons. The van der Waals surface area contributed by atoms with Gasteiger partial charge < -0.3 is 5.32 Å². The molecule has 1 N–H and O–H groups in total. The lowest BCUT2D eigenvalue weighted by Crippen LogP contribution is -2.45. The van der Waals surface area contributed by atoms with Crippen LogP contribution in [0.25, 0.3) is 0 Å². The van der Waals surface area contributed by atoms with E-state index in [0.717, 1.165) is 13.0 Å². The van der Waals surface area contributed by atoms with E-state index in [4.69, 9.17) is 0 Å². The molecule has 0 fully saturated rings. The van der Waals surface area contributed by atoms with Crippen LogP contribution in [0.3, 0.4) is 0 Å². The Morgan fingerprint density at radius 1 is 1.17 bits per heavy atom. The maximum absolute atomic E-state index is 12.5. The lowest BCUT2D eigenvalue weighted by molar-refractivity contribution is -0.384. The summed E-state index contributed by atoms with van der Waals surface area (Å²) in [5.74, 6) is -0.220. The lowest BCUT2D eigenvalue weighted by atomic mass is 9.91. The molecule has 0 bridgehead atoms. The van der Waals surface area contributed by atoms with Gasteiger partial charge in [-0.15, -0.1) is 11.3 Å². The van der Waals surface area contributed by atoms with E-state index in [9.17, 15) is 14.9 Å². The van der Waals surface area contributed by atoms with Crippen molar-refractivity contribution < 1.29 is 9.72 Å². The van der Waals surface area contributed by atoms with E-state index in [1.807, 2.05) is 6.07 Å². The number of thiophene rings is 1. The topological polar surface area (TPSA) is 75.5 Å². The van der Waals surface area contributed by atoms with Crippen molar-refractivity contribution >= 4 is 22.9 Å². The van der Waals surface area contributed by atoms with E-state index in [1.54, 1.807) is 11.3 Å². The summed E-state index contributed by atoms with van der Waals surface area (Å²) >= 11 is 1.79. The molecule has 3 aromatic rings. The molecule has 30 heavy (non-hydrogen) atoms. The van der Waals surface area contributed by atoms with Crippen LogP contribution in [0.5, 0.6) is 0 Å². The molecule has 6 nitrogen and oxygen atoms in total. The molecule has 2 atom stereocenters. The number of nitro benzene ring substituents is 1. The number of carbonyl (C=O) groups excluding carboxylic acids is 1. The molecule has 7 heteroatoms. The quantitative estimate of drug-likeness (QED) is 0.472. The SMILES string of the molecule is C[C@@H]1Cc2ccsc2[C@H](c2ccccc2)N1CCNC(=O)c1ccc([N+](=O)[O-])cc1. The zero-order valence-electron chi connectivity index (χ0n) is 16.7. The number of amides is 1. The smallest absolute Gasteiger partial charge is 0.269 e. The predicted molar refractivity (Wildman–Crippen MR) is 118 cm³/mol. The number of nitrogens with one attached hydrogen (secondary N) is 1. The standard InChI is InChI=1S/C23H23N3O3S/c1-16-15-19-11-14-30-22(19)21(17-5-3-2-4-6-17)25(16)13-12-24-23(27)18-7-9-20(10-8-18)26(28)29/h2-11,14,16,21H,12-13,15H2,1H3,(H,24,27)/t16-,21+/m1/s1. The van der Waals surface area contributed by atoms with Crippen LogP contribution in [0.2, 0.25) is 0 Å². The van der Waals surface area contributed by atoms with Gasteiger partial charge in [0.05, 0.1) is 11.0 Å². The summed E-state index contributed by atoms with van der Waals surface area (Å²) < 4.78 is 0. The Bertz CT molecular complexity index is 1030. The highest BCUT2D eigenvalue weighted by molar-refractivity contribution is 7.10. The number of nitrogens with zero attached hydrogens (tertiary/aromatic N) is 2. The van der Waals surface area contributed by atoms with Crippen molar-refractivity contribution in [2.45, 2.75) is 25.4 Å². The zero-order chi connectivity index (χ0) is 21.1. The summed E-state index contributed by atoms with van der Waals surface area (Å²) in [5, 5.41) is 15.9. The summed E-state index contributed by atoms with van der Waals surface area (Å²) in [6, 6.07) is 18.9. The fraction of sp³-hybridized carbons (Fsp3) is 0.261. The Kier molecular flexibility index (Phi) is 5.92. The van der Waals surface area contributed by atoms with E-state index in [2.05, 4.69) is 52.9 Å². The van der Waals surface area contributed by atoms with E-state index < -0.39 is 4.92 Å². The number of hydrogen-bond acceptors (Lipinski definition) is 5. The lowest BCUT2D eigenvalue weighted by Gasteiger charge is -2.41. The van der Waals surface area contributed by atoms with Crippen LogP contribution >= 0.6 is 11.3 Å². The van der Waals surface area contributed by atoms with Gasteiger partial charge in [0.2, 0.25) is 0 Å². The average Bonchev–Trinajstić information content (AvgIpc) is 3.22. The third kappa shape index (κ3) is 4.13. The van der Waals surface area contributed by atoms with Gasteiger partial charge in [0.25, 0.3) is 11.6 Å². The van der Waals surface area contributed by atoms with Crippen molar-refractivity contribution in [3.63, 3.8) is 0 Å². The number of rotatable bonds is 6. The molecule has 1 aromatic heterocycles. The fourth-order valence-corrected chi connectivity index (χ4v) is 5.14. The van der Waals surface area contributed by atoms with Crippen LogP contribution in [0.4, 0.5) is 5.69 Å². The van der Waals surface area contributed by atoms with Crippen molar-refractivity contribution in [2.75, 3.05) is 13.1 Å². The number of carbonyl (C=O) groups is 1. The molecule has 0 aliphatic carbocycles. The number of nitro groups is 1. The third-order valence-electron chi connectivity index (χ3n) is 5.55. The Balaban J connectivity index is 1.46.